The number of aromatic nitrogens is 5. The van der Waals surface area contributed by atoms with Crippen LogP contribution < -0.4 is 0 Å². The smallest absolute Gasteiger partial charge is 0.270 e. The van der Waals surface area contributed by atoms with Crippen molar-refractivity contribution in [2.45, 2.75) is 25.7 Å². The lowest BCUT2D eigenvalue weighted by Gasteiger charge is -2.18. The Kier molecular flexibility index (Phi) is 3.56. The lowest BCUT2D eigenvalue weighted by molar-refractivity contribution is 0.0794. The lowest BCUT2D eigenvalue weighted by Crippen LogP contribution is -2.14. The maximum absolute atomic E-state index is 5.87. The van der Waals surface area contributed by atoms with Gasteiger partial charge in [0, 0.05) is 25.3 Å². The van der Waals surface area contributed by atoms with E-state index in [9.17, 15) is 0 Å². The Bertz CT molecular complexity index is 1060. The molecule has 26 heavy (non-hydrogen) atoms. The van der Waals surface area contributed by atoms with E-state index in [1.807, 2.05) is 35.7 Å². The third-order valence-corrected chi connectivity index (χ3v) is 4.64. The average Bonchev–Trinajstić information content (AvgIpc) is 3.39. The van der Waals surface area contributed by atoms with Gasteiger partial charge in [-0.2, -0.15) is 0 Å². The molecule has 132 valence electrons. The number of imidazole rings is 1. The minimum Gasteiger partial charge on any atom is -0.448 e. The van der Waals surface area contributed by atoms with E-state index in [1.54, 1.807) is 6.26 Å². The molecular weight excluding hydrogens is 334 g/mol. The van der Waals surface area contributed by atoms with Gasteiger partial charge in [0.2, 0.25) is 0 Å². The van der Waals surface area contributed by atoms with E-state index in [4.69, 9.17) is 13.6 Å². The summed E-state index contributed by atoms with van der Waals surface area (Å²) >= 11 is 0. The summed E-state index contributed by atoms with van der Waals surface area (Å²) in [5.74, 6) is 1.73. The summed E-state index contributed by atoms with van der Waals surface area (Å²) in [5.41, 5.74) is 3.00. The van der Waals surface area contributed by atoms with Crippen LogP contribution in [0.3, 0.4) is 0 Å². The van der Waals surface area contributed by atoms with E-state index in [2.05, 4.69) is 20.2 Å². The summed E-state index contributed by atoms with van der Waals surface area (Å²) in [6.45, 7) is 3.40. The van der Waals surface area contributed by atoms with Crippen molar-refractivity contribution in [3.63, 3.8) is 0 Å². The Morgan fingerprint density at radius 1 is 1.08 bits per heavy atom. The molecule has 1 aliphatic heterocycles. The van der Waals surface area contributed by atoms with Crippen LogP contribution in [0.2, 0.25) is 0 Å². The van der Waals surface area contributed by atoms with Crippen LogP contribution in [0.25, 0.3) is 28.8 Å². The van der Waals surface area contributed by atoms with E-state index in [1.165, 1.54) is 0 Å². The largest absolute Gasteiger partial charge is 0.448 e. The van der Waals surface area contributed by atoms with Gasteiger partial charge in [-0.05, 0) is 31.9 Å². The SMILES string of the molecule is Cc1nc2ccccn2c1-c1nnc(-c2coc(C3CCOCC3)n2)o1. The normalized spacial score (nSPS) is 15.7. The molecule has 0 radical (unpaired) electrons. The number of oxazole rings is 1. The van der Waals surface area contributed by atoms with Gasteiger partial charge in [-0.15, -0.1) is 10.2 Å². The summed E-state index contributed by atoms with van der Waals surface area (Å²) in [4.78, 5) is 9.07. The number of fused-ring (bicyclic) bond motifs is 1. The molecule has 8 heteroatoms. The second-order valence-electron chi connectivity index (χ2n) is 6.34. The van der Waals surface area contributed by atoms with Crippen LogP contribution in [-0.2, 0) is 4.74 Å². The second-order valence-corrected chi connectivity index (χ2v) is 6.34. The maximum Gasteiger partial charge on any atom is 0.270 e. The number of pyridine rings is 1. The van der Waals surface area contributed by atoms with Crippen molar-refractivity contribution in [3.8, 4) is 23.2 Å². The van der Waals surface area contributed by atoms with Crippen molar-refractivity contribution in [1.82, 2.24) is 24.6 Å². The number of nitrogens with zero attached hydrogens (tertiary/aromatic N) is 5. The van der Waals surface area contributed by atoms with Crippen LogP contribution >= 0.6 is 0 Å². The van der Waals surface area contributed by atoms with Crippen LogP contribution in [0.5, 0.6) is 0 Å². The zero-order chi connectivity index (χ0) is 17.5. The molecule has 4 aromatic rings. The Morgan fingerprint density at radius 3 is 2.81 bits per heavy atom. The topological polar surface area (TPSA) is 91.5 Å². The predicted molar refractivity (Wildman–Crippen MR) is 91.5 cm³/mol. The number of hydrogen-bond donors (Lipinski definition) is 0. The van der Waals surface area contributed by atoms with Crippen LogP contribution in [-0.4, -0.2) is 37.8 Å². The van der Waals surface area contributed by atoms with Crippen molar-refractivity contribution >= 4 is 5.65 Å². The lowest BCUT2D eigenvalue weighted by atomic mass is 10.0. The molecule has 0 aromatic carbocycles. The molecule has 0 spiro atoms. The molecule has 1 fully saturated rings. The first kappa shape index (κ1) is 15.3. The first-order chi connectivity index (χ1) is 12.8. The highest BCUT2D eigenvalue weighted by molar-refractivity contribution is 5.60. The van der Waals surface area contributed by atoms with Crippen LogP contribution in [0, 0.1) is 6.92 Å². The van der Waals surface area contributed by atoms with Crippen molar-refractivity contribution in [3.05, 3.63) is 42.2 Å². The van der Waals surface area contributed by atoms with E-state index >= 15 is 0 Å². The minimum atomic E-state index is 0.279. The van der Waals surface area contributed by atoms with Crippen LogP contribution in [0.15, 0.2) is 39.5 Å². The van der Waals surface area contributed by atoms with Crippen molar-refractivity contribution in [2.75, 3.05) is 13.2 Å². The Balaban J connectivity index is 1.48. The van der Waals surface area contributed by atoms with Crippen LogP contribution in [0.1, 0.15) is 30.3 Å². The molecule has 0 bridgehead atoms. The highest BCUT2D eigenvalue weighted by Crippen LogP contribution is 2.30. The van der Waals surface area contributed by atoms with E-state index < -0.39 is 0 Å². The third kappa shape index (κ3) is 2.50. The molecule has 8 nitrogen and oxygen atoms in total. The second kappa shape index (κ2) is 6.06. The van der Waals surface area contributed by atoms with Gasteiger partial charge in [0.25, 0.3) is 11.8 Å². The third-order valence-electron chi connectivity index (χ3n) is 4.64. The highest BCUT2D eigenvalue weighted by atomic mass is 16.5. The van der Waals surface area contributed by atoms with Gasteiger partial charge < -0.3 is 13.6 Å². The zero-order valence-electron chi connectivity index (χ0n) is 14.3. The maximum atomic E-state index is 5.87. The minimum absolute atomic E-state index is 0.279. The van der Waals surface area contributed by atoms with Crippen molar-refractivity contribution < 1.29 is 13.6 Å². The van der Waals surface area contributed by atoms with Crippen LogP contribution in [0.4, 0.5) is 0 Å². The standard InChI is InChI=1S/C18H17N5O3/c1-11-15(23-7-3-2-4-14(23)19-11)18-22-21-17(26-18)13-10-25-16(20-13)12-5-8-24-9-6-12/h2-4,7,10,12H,5-6,8-9H2,1H3. The first-order valence-corrected chi connectivity index (χ1v) is 8.61. The number of aryl methyl sites for hydroxylation is 1. The van der Waals surface area contributed by atoms with Crippen molar-refractivity contribution in [2.24, 2.45) is 0 Å². The summed E-state index contributed by atoms with van der Waals surface area (Å²) in [6.07, 6.45) is 5.32. The first-order valence-electron chi connectivity index (χ1n) is 8.61. The quantitative estimate of drug-likeness (QED) is 0.559. The average molecular weight is 351 g/mol. The van der Waals surface area contributed by atoms with Gasteiger partial charge in [0.1, 0.15) is 17.6 Å². The van der Waals surface area contributed by atoms with Gasteiger partial charge in [0.05, 0.1) is 5.69 Å². The number of ether oxygens (including phenoxy) is 1. The monoisotopic (exact) mass is 351 g/mol. The van der Waals surface area contributed by atoms with E-state index in [0.717, 1.165) is 43.1 Å². The molecule has 0 saturated carbocycles. The molecule has 0 unspecified atom stereocenters. The molecular formula is C18H17N5O3. The molecule has 0 N–H and O–H groups in total. The predicted octanol–water partition coefficient (Wildman–Crippen LogP) is 3.24. The van der Waals surface area contributed by atoms with Gasteiger partial charge in [0.15, 0.2) is 11.6 Å². The molecule has 0 atom stereocenters. The summed E-state index contributed by atoms with van der Waals surface area (Å²) in [5, 5.41) is 8.33. The Hall–Kier alpha value is -3.00. The summed E-state index contributed by atoms with van der Waals surface area (Å²) < 4.78 is 18.8. The van der Waals surface area contributed by atoms with Gasteiger partial charge in [-0.1, -0.05) is 6.07 Å². The Morgan fingerprint density at radius 2 is 1.92 bits per heavy atom. The fourth-order valence-corrected chi connectivity index (χ4v) is 3.31. The Labute approximate surface area is 148 Å². The molecule has 5 rings (SSSR count). The van der Waals surface area contributed by atoms with E-state index in [-0.39, 0.29) is 5.92 Å². The molecule has 4 aromatic heterocycles. The van der Waals surface area contributed by atoms with Gasteiger partial charge >= 0.3 is 0 Å². The highest BCUT2D eigenvalue weighted by Gasteiger charge is 2.23. The van der Waals surface area contributed by atoms with E-state index in [0.29, 0.717) is 23.4 Å². The van der Waals surface area contributed by atoms with Crippen molar-refractivity contribution in [1.29, 1.82) is 0 Å². The summed E-state index contributed by atoms with van der Waals surface area (Å²) in [6, 6.07) is 5.82. The fourth-order valence-electron chi connectivity index (χ4n) is 3.31. The summed E-state index contributed by atoms with van der Waals surface area (Å²) in [7, 11) is 0. The fraction of sp³-hybridized carbons (Fsp3) is 0.333. The van der Waals surface area contributed by atoms with Gasteiger partial charge in [-0.25, -0.2) is 9.97 Å². The molecule has 0 aliphatic carbocycles. The number of hydrogen-bond acceptors (Lipinski definition) is 7. The molecule has 1 aliphatic rings. The van der Waals surface area contributed by atoms with Gasteiger partial charge in [-0.3, -0.25) is 4.40 Å². The molecule has 0 amide bonds. The number of rotatable bonds is 3. The molecule has 1 saturated heterocycles. The molecule has 5 heterocycles. The zero-order valence-corrected chi connectivity index (χ0v) is 14.3.